The molecule has 4 rings (SSSR count). The van der Waals surface area contributed by atoms with Crippen molar-refractivity contribution in [3.05, 3.63) is 53.3 Å². The number of fused-ring (bicyclic) bond motifs is 3. The second-order valence-electron chi connectivity index (χ2n) is 6.71. The van der Waals surface area contributed by atoms with E-state index in [0.717, 1.165) is 43.0 Å². The Morgan fingerprint density at radius 2 is 1.96 bits per heavy atom. The van der Waals surface area contributed by atoms with Crippen LogP contribution in [0.15, 0.2) is 47.4 Å². The molecule has 9 heteroatoms. The summed E-state index contributed by atoms with van der Waals surface area (Å²) in [4.78, 5) is 7.18. The largest absolute Gasteiger partial charge is 0.383 e. The quantitative estimate of drug-likeness (QED) is 0.663. The van der Waals surface area contributed by atoms with Gasteiger partial charge in [0, 0.05) is 31.8 Å². The van der Waals surface area contributed by atoms with Crippen LogP contribution in [0.4, 0.5) is 5.69 Å². The lowest BCUT2D eigenvalue weighted by atomic mass is 10.3. The lowest BCUT2D eigenvalue weighted by Gasteiger charge is -2.27. The van der Waals surface area contributed by atoms with E-state index in [-0.39, 0.29) is 4.90 Å². The van der Waals surface area contributed by atoms with Crippen molar-refractivity contribution in [2.45, 2.75) is 18.0 Å². The summed E-state index contributed by atoms with van der Waals surface area (Å²) >= 11 is 5.84. The Labute approximate surface area is 168 Å². The molecule has 2 aromatic carbocycles. The van der Waals surface area contributed by atoms with E-state index < -0.39 is 10.0 Å². The van der Waals surface area contributed by atoms with E-state index in [4.69, 9.17) is 21.3 Å². The normalized spacial score (nSPS) is 14.9. The summed E-state index contributed by atoms with van der Waals surface area (Å²) in [5.41, 5.74) is 2.27. The molecule has 1 aliphatic heterocycles. The molecule has 0 saturated heterocycles. The van der Waals surface area contributed by atoms with E-state index >= 15 is 0 Å². The number of ether oxygens (including phenoxy) is 1. The molecule has 0 unspecified atom stereocenters. The van der Waals surface area contributed by atoms with Gasteiger partial charge in [-0.1, -0.05) is 11.6 Å². The van der Waals surface area contributed by atoms with Crippen molar-refractivity contribution >= 4 is 38.3 Å². The van der Waals surface area contributed by atoms with E-state index in [0.29, 0.717) is 17.3 Å². The summed E-state index contributed by atoms with van der Waals surface area (Å²) in [5, 5.41) is 0.489. The van der Waals surface area contributed by atoms with E-state index in [2.05, 4.69) is 14.2 Å². The van der Waals surface area contributed by atoms with Crippen LogP contribution < -0.4 is 4.72 Å². The van der Waals surface area contributed by atoms with Crippen LogP contribution in [0.1, 0.15) is 5.82 Å². The van der Waals surface area contributed by atoms with Crippen LogP contribution >= 0.6 is 11.6 Å². The maximum absolute atomic E-state index is 12.6. The minimum absolute atomic E-state index is 0.162. The minimum atomic E-state index is -3.69. The van der Waals surface area contributed by atoms with Crippen LogP contribution in [-0.4, -0.2) is 49.7 Å². The third-order valence-electron chi connectivity index (χ3n) is 4.82. The first kappa shape index (κ1) is 19.2. The summed E-state index contributed by atoms with van der Waals surface area (Å²) in [6, 6.07) is 11.5. The van der Waals surface area contributed by atoms with Crippen molar-refractivity contribution in [1.29, 1.82) is 0 Å². The zero-order chi connectivity index (χ0) is 19.7. The Morgan fingerprint density at radius 3 is 2.71 bits per heavy atom. The maximum Gasteiger partial charge on any atom is 0.261 e. The molecule has 0 radical (unpaired) electrons. The summed E-state index contributed by atoms with van der Waals surface area (Å²) < 4.78 is 35.1. The zero-order valence-corrected chi connectivity index (χ0v) is 17.0. The summed E-state index contributed by atoms with van der Waals surface area (Å²) in [6.45, 7) is 4.10. The van der Waals surface area contributed by atoms with E-state index in [1.807, 2.05) is 6.07 Å². The third kappa shape index (κ3) is 3.86. The summed E-state index contributed by atoms with van der Waals surface area (Å²) in [5.74, 6) is 0.982. The number of sulfonamides is 1. The minimum Gasteiger partial charge on any atom is -0.383 e. The van der Waals surface area contributed by atoms with Crippen LogP contribution in [0.5, 0.6) is 0 Å². The van der Waals surface area contributed by atoms with Crippen molar-refractivity contribution in [2.75, 3.05) is 31.5 Å². The van der Waals surface area contributed by atoms with Crippen molar-refractivity contribution in [3.8, 4) is 0 Å². The lowest BCUT2D eigenvalue weighted by Crippen LogP contribution is -2.35. The lowest BCUT2D eigenvalue weighted by molar-refractivity contribution is 0.130. The predicted octanol–water partition coefficient (Wildman–Crippen LogP) is 2.95. The van der Waals surface area contributed by atoms with Gasteiger partial charge < -0.3 is 9.30 Å². The molecule has 1 aromatic heterocycles. The van der Waals surface area contributed by atoms with E-state index in [1.165, 1.54) is 12.1 Å². The van der Waals surface area contributed by atoms with Crippen molar-refractivity contribution in [2.24, 2.45) is 0 Å². The molecular formula is C19H21ClN4O3S. The van der Waals surface area contributed by atoms with Crippen LogP contribution in [0.3, 0.4) is 0 Å². The summed E-state index contributed by atoms with van der Waals surface area (Å²) in [7, 11) is -1.99. The molecule has 148 valence electrons. The number of methoxy groups -OCH3 is 1. The van der Waals surface area contributed by atoms with Gasteiger partial charge in [-0.05, 0) is 42.5 Å². The monoisotopic (exact) mass is 420 g/mol. The van der Waals surface area contributed by atoms with Gasteiger partial charge in [-0.15, -0.1) is 0 Å². The number of imidazole rings is 1. The second-order valence-corrected chi connectivity index (χ2v) is 8.83. The number of halogens is 1. The van der Waals surface area contributed by atoms with E-state index in [1.54, 1.807) is 31.4 Å². The van der Waals surface area contributed by atoms with Gasteiger partial charge in [0.15, 0.2) is 0 Å². The molecule has 0 aliphatic carbocycles. The van der Waals surface area contributed by atoms with Crippen molar-refractivity contribution in [1.82, 2.24) is 14.5 Å². The first-order valence-corrected chi connectivity index (χ1v) is 10.8. The summed E-state index contributed by atoms with van der Waals surface area (Å²) in [6.07, 6.45) is 0. The number of hydrogen-bond acceptors (Lipinski definition) is 5. The molecule has 7 nitrogen and oxygen atoms in total. The smallest absolute Gasteiger partial charge is 0.261 e. The Balaban J connectivity index is 1.58. The fraction of sp³-hybridized carbons (Fsp3) is 0.316. The number of aromatic nitrogens is 2. The number of nitrogens with one attached hydrogen (secondary N) is 1. The van der Waals surface area contributed by atoms with Gasteiger partial charge in [0.1, 0.15) is 5.82 Å². The van der Waals surface area contributed by atoms with Crippen LogP contribution in [-0.2, 0) is 27.8 Å². The van der Waals surface area contributed by atoms with Gasteiger partial charge in [-0.2, -0.15) is 0 Å². The second kappa shape index (κ2) is 7.71. The van der Waals surface area contributed by atoms with E-state index in [9.17, 15) is 8.42 Å². The highest BCUT2D eigenvalue weighted by molar-refractivity contribution is 7.92. The highest BCUT2D eigenvalue weighted by atomic mass is 35.5. The number of hydrogen-bond donors (Lipinski definition) is 1. The average Bonchev–Trinajstić information content (AvgIpc) is 3.03. The predicted molar refractivity (Wildman–Crippen MR) is 109 cm³/mol. The SMILES string of the molecule is COCCN1CCn2c(nc3cc(NS(=O)(=O)c4ccc(Cl)cc4)ccc32)C1. The topological polar surface area (TPSA) is 76.5 Å². The molecule has 0 saturated carbocycles. The maximum atomic E-state index is 12.6. The van der Waals surface area contributed by atoms with Gasteiger partial charge in [0.2, 0.25) is 0 Å². The van der Waals surface area contributed by atoms with Gasteiger partial charge in [-0.25, -0.2) is 13.4 Å². The Morgan fingerprint density at radius 1 is 1.18 bits per heavy atom. The molecule has 0 bridgehead atoms. The molecular weight excluding hydrogens is 400 g/mol. The number of nitrogens with zero attached hydrogens (tertiary/aromatic N) is 3. The highest BCUT2D eigenvalue weighted by Gasteiger charge is 2.21. The number of anilines is 1. The fourth-order valence-electron chi connectivity index (χ4n) is 3.37. The highest BCUT2D eigenvalue weighted by Crippen LogP contribution is 2.25. The molecule has 0 amide bonds. The van der Waals surface area contributed by atoms with Gasteiger partial charge in [0.25, 0.3) is 10.0 Å². The van der Waals surface area contributed by atoms with Gasteiger partial charge in [0.05, 0.1) is 34.8 Å². The van der Waals surface area contributed by atoms with Crippen LogP contribution in [0, 0.1) is 0 Å². The van der Waals surface area contributed by atoms with Crippen molar-refractivity contribution < 1.29 is 13.2 Å². The molecule has 0 atom stereocenters. The first-order chi connectivity index (χ1) is 13.5. The first-order valence-electron chi connectivity index (χ1n) is 8.95. The standard InChI is InChI=1S/C19H21ClN4O3S/c1-27-11-10-23-8-9-24-18-7-4-15(12-17(18)21-19(24)13-23)22-28(25,26)16-5-2-14(20)3-6-16/h2-7,12,22H,8-11,13H2,1H3. The fourth-order valence-corrected chi connectivity index (χ4v) is 4.55. The van der Waals surface area contributed by atoms with Gasteiger partial charge in [-0.3, -0.25) is 9.62 Å². The average molecular weight is 421 g/mol. The van der Waals surface area contributed by atoms with Crippen LogP contribution in [0.25, 0.3) is 11.0 Å². The Kier molecular flexibility index (Phi) is 5.29. The third-order valence-corrected chi connectivity index (χ3v) is 6.47. The Bertz CT molecular complexity index is 1100. The molecule has 3 aromatic rings. The molecule has 0 spiro atoms. The molecule has 0 fully saturated rings. The molecule has 1 N–H and O–H groups in total. The molecule has 2 heterocycles. The van der Waals surface area contributed by atoms with Crippen LogP contribution in [0.2, 0.25) is 5.02 Å². The van der Waals surface area contributed by atoms with Gasteiger partial charge >= 0.3 is 0 Å². The number of rotatable bonds is 6. The van der Waals surface area contributed by atoms with Crippen molar-refractivity contribution in [3.63, 3.8) is 0 Å². The molecule has 1 aliphatic rings. The molecule has 28 heavy (non-hydrogen) atoms. The Hall–Kier alpha value is -2.13. The number of benzene rings is 2. The zero-order valence-electron chi connectivity index (χ0n) is 15.4.